The number of carboxylic acid groups (broad SMARTS) is 1. The number of rotatable bonds is 13. The Hall–Kier alpha value is -2.97. The first-order chi connectivity index (χ1) is 20.2. The van der Waals surface area contributed by atoms with Crippen LogP contribution in [0.15, 0.2) is 54.6 Å². The van der Waals surface area contributed by atoms with Crippen molar-refractivity contribution < 1.29 is 23.8 Å². The molecule has 2 N–H and O–H groups in total. The topological polar surface area (TPSA) is 82.1 Å². The van der Waals surface area contributed by atoms with E-state index in [9.17, 15) is 19.1 Å². The van der Waals surface area contributed by atoms with Crippen molar-refractivity contribution in [1.82, 2.24) is 15.1 Å². The van der Waals surface area contributed by atoms with Crippen LogP contribution in [0.5, 0.6) is 0 Å². The Morgan fingerprint density at radius 3 is 2.40 bits per heavy atom. The fourth-order valence-corrected chi connectivity index (χ4v) is 6.81. The number of halogens is 1. The van der Waals surface area contributed by atoms with Crippen molar-refractivity contribution in [2.45, 2.75) is 89.9 Å². The van der Waals surface area contributed by atoms with Crippen molar-refractivity contribution >= 4 is 12.1 Å². The van der Waals surface area contributed by atoms with Gasteiger partial charge >= 0.3 is 12.1 Å². The zero-order valence-corrected chi connectivity index (χ0v) is 25.4. The van der Waals surface area contributed by atoms with Gasteiger partial charge in [-0.2, -0.15) is 0 Å². The Morgan fingerprint density at radius 1 is 1.07 bits per heavy atom. The summed E-state index contributed by atoms with van der Waals surface area (Å²) in [6.07, 6.45) is 4.71. The maximum absolute atomic E-state index is 14.0. The third-order valence-corrected chi connectivity index (χ3v) is 8.86. The lowest BCUT2D eigenvalue weighted by Gasteiger charge is -2.39. The summed E-state index contributed by atoms with van der Waals surface area (Å²) in [5.41, 5.74) is 1.71. The molecule has 1 heterocycles. The highest BCUT2D eigenvalue weighted by Crippen LogP contribution is 2.41. The molecule has 0 radical (unpaired) electrons. The van der Waals surface area contributed by atoms with E-state index >= 15 is 0 Å². The van der Waals surface area contributed by atoms with Crippen LogP contribution in [0.2, 0.25) is 0 Å². The zero-order chi connectivity index (χ0) is 30.1. The van der Waals surface area contributed by atoms with Gasteiger partial charge in [-0.25, -0.2) is 9.18 Å². The van der Waals surface area contributed by atoms with E-state index in [-0.39, 0.29) is 30.6 Å². The standard InChI is InChI=1S/C34H48FN3O4/c1-4-16-38(34(41)42-23-26-12-8-9-13-31(26)35)29-14-17-37(18-15-29)22-27-20-28(36-32(33(39)40)19-24(2)3)21-30(27)25-10-6-5-7-11-25/h5-13,24,27-30,32,36H,4,14-23H2,1-3H3,(H,39,40)/t27?,28?,30?,32-/m1/s1. The van der Waals surface area contributed by atoms with Gasteiger partial charge in [-0.3, -0.25) is 4.79 Å². The Bertz CT molecular complexity index is 1140. The first-order valence-electron chi connectivity index (χ1n) is 15.7. The van der Waals surface area contributed by atoms with Crippen LogP contribution in [0.25, 0.3) is 0 Å². The van der Waals surface area contributed by atoms with E-state index < -0.39 is 12.0 Å². The van der Waals surface area contributed by atoms with Gasteiger partial charge in [0.1, 0.15) is 18.5 Å². The number of hydrogen-bond acceptors (Lipinski definition) is 5. The average Bonchev–Trinajstić information content (AvgIpc) is 3.37. The minimum atomic E-state index is -0.769. The molecule has 2 aromatic carbocycles. The Morgan fingerprint density at radius 2 is 1.76 bits per heavy atom. The molecule has 230 valence electrons. The molecule has 1 aliphatic carbocycles. The average molecular weight is 582 g/mol. The molecule has 1 amide bonds. The summed E-state index contributed by atoms with van der Waals surface area (Å²) >= 11 is 0. The Balaban J connectivity index is 1.35. The van der Waals surface area contributed by atoms with E-state index in [1.54, 1.807) is 18.2 Å². The molecule has 2 fully saturated rings. The highest BCUT2D eigenvalue weighted by Gasteiger charge is 2.39. The summed E-state index contributed by atoms with van der Waals surface area (Å²) in [5.74, 6) is -0.0230. The molecule has 4 rings (SSSR count). The second-order valence-electron chi connectivity index (χ2n) is 12.5. The fraction of sp³-hybridized carbons (Fsp3) is 0.588. The highest BCUT2D eigenvalue weighted by molar-refractivity contribution is 5.73. The van der Waals surface area contributed by atoms with Gasteiger partial charge in [0.15, 0.2) is 0 Å². The van der Waals surface area contributed by atoms with E-state index in [2.05, 4.69) is 55.3 Å². The number of carboxylic acids is 1. The molecule has 42 heavy (non-hydrogen) atoms. The molecular weight excluding hydrogens is 533 g/mol. The number of carbonyl (C=O) groups excluding carboxylic acids is 1. The van der Waals surface area contributed by atoms with Gasteiger partial charge in [0.25, 0.3) is 0 Å². The number of hydrogen-bond donors (Lipinski definition) is 2. The minimum Gasteiger partial charge on any atom is -0.480 e. The molecule has 0 aromatic heterocycles. The van der Waals surface area contributed by atoms with Crippen LogP contribution in [-0.4, -0.2) is 71.3 Å². The van der Waals surface area contributed by atoms with E-state index in [1.165, 1.54) is 11.6 Å². The number of piperidine rings is 1. The molecular formula is C34H48FN3O4. The van der Waals surface area contributed by atoms with Gasteiger partial charge in [0.05, 0.1) is 0 Å². The summed E-state index contributed by atoms with van der Waals surface area (Å²) in [6.45, 7) is 9.48. The fourth-order valence-electron chi connectivity index (χ4n) is 6.81. The summed E-state index contributed by atoms with van der Waals surface area (Å²) in [7, 11) is 0. The molecule has 3 unspecified atom stereocenters. The maximum Gasteiger partial charge on any atom is 0.410 e. The Labute approximate surface area is 250 Å². The molecule has 2 aliphatic rings. The van der Waals surface area contributed by atoms with Crippen molar-refractivity contribution in [1.29, 1.82) is 0 Å². The molecule has 0 bridgehead atoms. The van der Waals surface area contributed by atoms with Gasteiger partial charge in [-0.1, -0.05) is 69.3 Å². The number of carbonyl (C=O) groups is 2. The maximum atomic E-state index is 14.0. The second-order valence-corrected chi connectivity index (χ2v) is 12.5. The summed E-state index contributed by atoms with van der Waals surface area (Å²) in [5, 5.41) is 13.3. The molecule has 1 saturated carbocycles. The lowest BCUT2D eigenvalue weighted by molar-refractivity contribution is -0.140. The minimum absolute atomic E-state index is 0.0672. The van der Waals surface area contributed by atoms with E-state index in [0.717, 1.165) is 51.7 Å². The number of aliphatic carboxylic acids is 1. The van der Waals surface area contributed by atoms with E-state index in [4.69, 9.17) is 4.74 Å². The summed E-state index contributed by atoms with van der Waals surface area (Å²) in [4.78, 5) is 29.3. The van der Waals surface area contributed by atoms with E-state index in [1.807, 2.05) is 11.0 Å². The molecule has 1 aliphatic heterocycles. The molecule has 2 aromatic rings. The molecule has 1 saturated heterocycles. The summed E-state index contributed by atoms with van der Waals surface area (Å²) in [6, 6.07) is 16.8. The smallest absolute Gasteiger partial charge is 0.410 e. The number of nitrogens with zero attached hydrogens (tertiary/aromatic N) is 2. The van der Waals surface area contributed by atoms with Crippen LogP contribution in [0.3, 0.4) is 0 Å². The van der Waals surface area contributed by atoms with Crippen LogP contribution in [0.4, 0.5) is 9.18 Å². The van der Waals surface area contributed by atoms with Crippen LogP contribution in [0, 0.1) is 17.7 Å². The lowest BCUT2D eigenvalue weighted by Crippen LogP contribution is -2.48. The van der Waals surface area contributed by atoms with Crippen LogP contribution in [-0.2, 0) is 16.1 Å². The van der Waals surface area contributed by atoms with Gasteiger partial charge in [-0.15, -0.1) is 0 Å². The monoisotopic (exact) mass is 581 g/mol. The third kappa shape index (κ3) is 8.77. The van der Waals surface area contributed by atoms with Gasteiger partial charge in [-0.05, 0) is 67.9 Å². The first-order valence-corrected chi connectivity index (χ1v) is 15.7. The number of nitrogens with one attached hydrogen (secondary N) is 1. The number of amides is 1. The highest BCUT2D eigenvalue weighted by atomic mass is 19.1. The lowest BCUT2D eigenvalue weighted by atomic mass is 9.88. The molecule has 4 atom stereocenters. The number of likely N-dealkylation sites (tertiary alicyclic amines) is 1. The van der Waals surface area contributed by atoms with E-state index in [0.29, 0.717) is 36.3 Å². The van der Waals surface area contributed by atoms with Crippen LogP contribution >= 0.6 is 0 Å². The normalized spacial score (nSPS) is 22.3. The van der Waals surface area contributed by atoms with Gasteiger partial charge in [0.2, 0.25) is 0 Å². The Kier molecular flexibility index (Phi) is 11.8. The third-order valence-electron chi connectivity index (χ3n) is 8.86. The van der Waals surface area contributed by atoms with Crippen molar-refractivity contribution in [3.63, 3.8) is 0 Å². The number of ether oxygens (including phenoxy) is 1. The van der Waals surface area contributed by atoms with Gasteiger partial charge in [0, 0.05) is 43.8 Å². The van der Waals surface area contributed by atoms with Crippen LogP contribution < -0.4 is 5.32 Å². The SMILES string of the molecule is CCCN(C(=O)OCc1ccccc1F)C1CCN(CC2CC(N[C@H](CC(C)C)C(=O)O)CC2c2ccccc2)CC1. The van der Waals surface area contributed by atoms with Crippen molar-refractivity contribution in [2.75, 3.05) is 26.2 Å². The predicted octanol–water partition coefficient (Wildman–Crippen LogP) is 6.29. The molecule has 8 heteroatoms. The quantitative estimate of drug-likeness (QED) is 0.289. The number of benzene rings is 2. The zero-order valence-electron chi connectivity index (χ0n) is 25.4. The van der Waals surface area contributed by atoms with Crippen molar-refractivity contribution in [3.8, 4) is 0 Å². The summed E-state index contributed by atoms with van der Waals surface area (Å²) < 4.78 is 19.6. The molecule has 0 spiro atoms. The largest absolute Gasteiger partial charge is 0.480 e. The predicted molar refractivity (Wildman–Crippen MR) is 163 cm³/mol. The van der Waals surface area contributed by atoms with Crippen molar-refractivity contribution in [3.05, 3.63) is 71.5 Å². The van der Waals surface area contributed by atoms with Crippen molar-refractivity contribution in [2.24, 2.45) is 11.8 Å². The first kappa shape index (κ1) is 32.0. The van der Waals surface area contributed by atoms with Crippen LogP contribution in [0.1, 0.15) is 76.3 Å². The molecule has 7 nitrogen and oxygen atoms in total. The second kappa shape index (κ2) is 15.5. The van der Waals surface area contributed by atoms with Gasteiger partial charge < -0.3 is 25.0 Å².